The van der Waals surface area contributed by atoms with E-state index >= 15 is 0 Å². The minimum absolute atomic E-state index is 0.0638. The second-order valence-corrected chi connectivity index (χ2v) is 8.98. The molecule has 2 N–H and O–H groups in total. The molecule has 1 amide bonds. The van der Waals surface area contributed by atoms with Crippen molar-refractivity contribution in [1.82, 2.24) is 5.32 Å². The van der Waals surface area contributed by atoms with Crippen molar-refractivity contribution in [3.05, 3.63) is 46.0 Å². The number of nitrogens with one attached hydrogen (secondary N) is 1. The topological polar surface area (TPSA) is 75.6 Å². The van der Waals surface area contributed by atoms with Gasteiger partial charge >= 0.3 is 0 Å². The summed E-state index contributed by atoms with van der Waals surface area (Å²) in [5.74, 6) is -0.360. The van der Waals surface area contributed by atoms with E-state index in [0.29, 0.717) is 5.92 Å². The molecule has 0 aromatic rings. The standard InChI is InChI=1S/C23H31Cl2NO4/c1-4-5-6-7-8-15(2)11-16(3)9-10-20(27)26-19-14-23(30-22(19)29)12-17(24)21(28)18(25)13-23/h9-13,15,19,22,29H,4-8,14H2,1-3H3,(H,26,27)/b10-9+,16-11+. The van der Waals surface area contributed by atoms with Gasteiger partial charge in [0.25, 0.3) is 0 Å². The van der Waals surface area contributed by atoms with E-state index in [9.17, 15) is 14.7 Å². The van der Waals surface area contributed by atoms with Crippen LogP contribution in [0.4, 0.5) is 0 Å². The Morgan fingerprint density at radius 2 is 1.97 bits per heavy atom. The van der Waals surface area contributed by atoms with Gasteiger partial charge in [0.1, 0.15) is 5.60 Å². The minimum atomic E-state index is -1.24. The van der Waals surface area contributed by atoms with Crippen LogP contribution in [0, 0.1) is 5.92 Å². The summed E-state index contributed by atoms with van der Waals surface area (Å²) in [6.07, 6.45) is 13.3. The zero-order valence-electron chi connectivity index (χ0n) is 17.8. The van der Waals surface area contributed by atoms with E-state index in [2.05, 4.69) is 25.2 Å². The number of aliphatic hydroxyl groups is 1. The van der Waals surface area contributed by atoms with Gasteiger partial charge in [0, 0.05) is 12.5 Å². The van der Waals surface area contributed by atoms with Crippen LogP contribution >= 0.6 is 23.2 Å². The second-order valence-electron chi connectivity index (χ2n) is 8.17. The molecule has 0 aromatic carbocycles. The molecule has 7 heteroatoms. The first-order valence-electron chi connectivity index (χ1n) is 10.5. The highest BCUT2D eigenvalue weighted by molar-refractivity contribution is 6.55. The van der Waals surface area contributed by atoms with E-state index in [1.807, 2.05) is 6.92 Å². The molecule has 3 unspecified atom stereocenters. The Bertz CT molecular complexity index is 747. The first-order valence-corrected chi connectivity index (χ1v) is 11.3. The van der Waals surface area contributed by atoms with E-state index in [1.165, 1.54) is 43.9 Å². The fourth-order valence-electron chi connectivity index (χ4n) is 3.74. The van der Waals surface area contributed by atoms with Crippen LogP contribution in [0.25, 0.3) is 0 Å². The molecule has 0 radical (unpaired) electrons. The molecular formula is C23H31Cl2NO4. The van der Waals surface area contributed by atoms with E-state index in [0.717, 1.165) is 12.0 Å². The van der Waals surface area contributed by atoms with Gasteiger partial charge in [-0.25, -0.2) is 0 Å². The molecule has 1 heterocycles. The minimum Gasteiger partial charge on any atom is -0.366 e. The van der Waals surface area contributed by atoms with Gasteiger partial charge in [-0.3, -0.25) is 9.59 Å². The maximum absolute atomic E-state index is 12.3. The summed E-state index contributed by atoms with van der Waals surface area (Å²) in [7, 11) is 0. The van der Waals surface area contributed by atoms with E-state index < -0.39 is 23.7 Å². The zero-order chi connectivity index (χ0) is 22.3. The molecule has 1 spiro atoms. The summed E-state index contributed by atoms with van der Waals surface area (Å²) in [5, 5.41) is 12.8. The van der Waals surface area contributed by atoms with Gasteiger partial charge in [-0.05, 0) is 31.4 Å². The van der Waals surface area contributed by atoms with Gasteiger partial charge in [0.2, 0.25) is 11.7 Å². The van der Waals surface area contributed by atoms with Gasteiger partial charge in [0.05, 0.1) is 16.1 Å². The Hall–Kier alpha value is -1.40. The van der Waals surface area contributed by atoms with Gasteiger partial charge in [-0.1, -0.05) is 80.5 Å². The highest BCUT2D eigenvalue weighted by atomic mass is 35.5. The lowest BCUT2D eigenvalue weighted by Gasteiger charge is -2.24. The van der Waals surface area contributed by atoms with Crippen LogP contribution in [0.15, 0.2) is 46.0 Å². The van der Waals surface area contributed by atoms with Crippen molar-refractivity contribution in [3.8, 4) is 0 Å². The number of carbonyl (C=O) groups excluding carboxylic acids is 2. The van der Waals surface area contributed by atoms with E-state index in [4.69, 9.17) is 27.9 Å². The van der Waals surface area contributed by atoms with Crippen LogP contribution in [0.3, 0.4) is 0 Å². The highest BCUT2D eigenvalue weighted by Crippen LogP contribution is 2.39. The molecule has 2 rings (SSSR count). The SMILES string of the molecule is CCCCCCC(C)/C=C(C)/C=C/C(=O)NC1CC2(C=C(Cl)C(=O)C(Cl)=C2)OC1O. The van der Waals surface area contributed by atoms with E-state index in [-0.39, 0.29) is 22.4 Å². The number of rotatable bonds is 9. The predicted octanol–water partition coefficient (Wildman–Crippen LogP) is 4.89. The molecule has 0 aromatic heterocycles. The predicted molar refractivity (Wildman–Crippen MR) is 120 cm³/mol. The molecule has 0 saturated carbocycles. The van der Waals surface area contributed by atoms with Crippen LogP contribution < -0.4 is 5.32 Å². The summed E-state index contributed by atoms with van der Waals surface area (Å²) < 4.78 is 5.56. The largest absolute Gasteiger partial charge is 0.366 e. The molecule has 1 saturated heterocycles. The number of allylic oxidation sites excluding steroid dienone is 5. The molecule has 30 heavy (non-hydrogen) atoms. The summed E-state index contributed by atoms with van der Waals surface area (Å²) >= 11 is 11.9. The summed E-state index contributed by atoms with van der Waals surface area (Å²) in [5.41, 5.74) is -0.0883. The Labute approximate surface area is 188 Å². The van der Waals surface area contributed by atoms with Gasteiger partial charge in [-0.15, -0.1) is 0 Å². The number of unbranched alkanes of at least 4 members (excludes halogenated alkanes) is 3. The molecule has 166 valence electrons. The molecule has 1 aliphatic carbocycles. The smallest absolute Gasteiger partial charge is 0.244 e. The molecule has 5 nitrogen and oxygen atoms in total. The Kier molecular flexibility index (Phi) is 9.35. The lowest BCUT2D eigenvalue weighted by atomic mass is 9.92. The fraction of sp³-hybridized carbons (Fsp3) is 0.565. The fourth-order valence-corrected chi connectivity index (χ4v) is 4.36. The molecular weight excluding hydrogens is 425 g/mol. The normalized spacial score (nSPS) is 24.9. The summed E-state index contributed by atoms with van der Waals surface area (Å²) in [6, 6.07) is -0.654. The van der Waals surface area contributed by atoms with Crippen molar-refractivity contribution in [2.45, 2.75) is 77.2 Å². The Morgan fingerprint density at radius 3 is 2.60 bits per heavy atom. The highest BCUT2D eigenvalue weighted by Gasteiger charge is 2.46. The third kappa shape index (κ3) is 7.09. The number of ether oxygens (including phenoxy) is 1. The van der Waals surface area contributed by atoms with Crippen molar-refractivity contribution in [2.75, 3.05) is 0 Å². The van der Waals surface area contributed by atoms with Crippen molar-refractivity contribution in [1.29, 1.82) is 0 Å². The molecule has 2 aliphatic rings. The van der Waals surface area contributed by atoms with Crippen LogP contribution in [0.1, 0.15) is 59.3 Å². The van der Waals surface area contributed by atoms with Gasteiger partial charge in [-0.2, -0.15) is 0 Å². The Morgan fingerprint density at radius 1 is 1.30 bits per heavy atom. The summed E-state index contributed by atoms with van der Waals surface area (Å²) in [4.78, 5) is 24.0. The second kappa shape index (κ2) is 11.3. The number of hydrogen-bond acceptors (Lipinski definition) is 4. The third-order valence-electron chi connectivity index (χ3n) is 5.28. The van der Waals surface area contributed by atoms with Crippen LogP contribution in [0.2, 0.25) is 0 Å². The van der Waals surface area contributed by atoms with Crippen LogP contribution in [-0.4, -0.2) is 34.7 Å². The third-order valence-corrected chi connectivity index (χ3v) is 5.85. The average Bonchev–Trinajstić information content (AvgIpc) is 2.96. The van der Waals surface area contributed by atoms with Crippen molar-refractivity contribution >= 4 is 34.9 Å². The van der Waals surface area contributed by atoms with Crippen molar-refractivity contribution < 1.29 is 19.4 Å². The molecule has 3 atom stereocenters. The molecule has 0 bridgehead atoms. The van der Waals surface area contributed by atoms with E-state index in [1.54, 1.807) is 6.08 Å². The number of carbonyl (C=O) groups is 2. The molecule has 1 fully saturated rings. The molecule has 1 aliphatic heterocycles. The van der Waals surface area contributed by atoms with Gasteiger partial charge in [0.15, 0.2) is 6.29 Å². The number of halogens is 2. The number of aliphatic hydroxyl groups excluding tert-OH is 1. The summed E-state index contributed by atoms with van der Waals surface area (Å²) in [6.45, 7) is 6.35. The lowest BCUT2D eigenvalue weighted by molar-refractivity contribution is -0.126. The maximum atomic E-state index is 12.3. The lowest BCUT2D eigenvalue weighted by Crippen LogP contribution is -2.39. The van der Waals surface area contributed by atoms with Crippen LogP contribution in [-0.2, 0) is 14.3 Å². The first-order chi connectivity index (χ1) is 14.2. The quantitative estimate of drug-likeness (QED) is 0.295. The number of ketones is 1. The number of hydrogen-bond donors (Lipinski definition) is 2. The monoisotopic (exact) mass is 455 g/mol. The zero-order valence-corrected chi connectivity index (χ0v) is 19.3. The maximum Gasteiger partial charge on any atom is 0.244 e. The van der Waals surface area contributed by atoms with Crippen LogP contribution in [0.5, 0.6) is 0 Å². The first kappa shape index (κ1) is 24.9. The average molecular weight is 456 g/mol. The number of amides is 1. The van der Waals surface area contributed by atoms with Gasteiger partial charge < -0.3 is 15.2 Å². The Balaban J connectivity index is 1.89. The van der Waals surface area contributed by atoms with Crippen molar-refractivity contribution in [2.24, 2.45) is 5.92 Å². The number of Topliss-reactive ketones (excluding diaryl/α,β-unsaturated/α-hetero) is 1. The van der Waals surface area contributed by atoms with Crippen molar-refractivity contribution in [3.63, 3.8) is 0 Å².